The molecule has 1 amide bonds. The fraction of sp³-hybridized carbons (Fsp3) is 0.300. The number of aromatic nitrogens is 1. The van der Waals surface area contributed by atoms with Gasteiger partial charge >= 0.3 is 0 Å². The number of aryl methyl sites for hydroxylation is 1. The molecule has 1 aliphatic heterocycles. The van der Waals surface area contributed by atoms with Gasteiger partial charge in [0.05, 0.1) is 10.6 Å². The molecule has 2 aromatic heterocycles. The monoisotopic (exact) mass is 383 g/mol. The average molecular weight is 384 g/mol. The Bertz CT molecular complexity index is 879. The van der Waals surface area contributed by atoms with E-state index in [0.29, 0.717) is 0 Å². The van der Waals surface area contributed by atoms with Gasteiger partial charge in [-0.1, -0.05) is 30.3 Å². The van der Waals surface area contributed by atoms with Crippen LogP contribution in [0.1, 0.15) is 27.4 Å². The first-order valence-electron chi connectivity index (χ1n) is 8.82. The fourth-order valence-corrected chi connectivity index (χ4v) is 4.84. The number of carbonyl (C=O) groups excluding carboxylic acids is 1. The van der Waals surface area contributed by atoms with Crippen molar-refractivity contribution in [1.29, 1.82) is 0 Å². The third kappa shape index (κ3) is 3.81. The molecule has 0 unspecified atom stereocenters. The molecule has 0 saturated carbocycles. The van der Waals surface area contributed by atoms with E-state index in [2.05, 4.69) is 27.7 Å². The fourth-order valence-electron chi connectivity index (χ4n) is 3.18. The van der Waals surface area contributed by atoms with Crippen LogP contribution in [0.2, 0.25) is 0 Å². The molecule has 1 fully saturated rings. The quantitative estimate of drug-likeness (QED) is 0.717. The molecule has 6 heteroatoms. The van der Waals surface area contributed by atoms with Gasteiger partial charge in [-0.2, -0.15) is 0 Å². The van der Waals surface area contributed by atoms with Gasteiger partial charge in [-0.05, 0) is 31.9 Å². The highest BCUT2D eigenvalue weighted by Gasteiger charge is 2.23. The first-order chi connectivity index (χ1) is 12.7. The van der Waals surface area contributed by atoms with Crippen LogP contribution in [0.15, 0.2) is 47.8 Å². The predicted molar refractivity (Wildman–Crippen MR) is 109 cm³/mol. The molecule has 0 radical (unpaired) electrons. The normalized spacial score (nSPS) is 15.2. The van der Waals surface area contributed by atoms with Gasteiger partial charge in [0.1, 0.15) is 0 Å². The summed E-state index contributed by atoms with van der Waals surface area (Å²) in [6, 6.07) is 14.4. The van der Waals surface area contributed by atoms with Crippen molar-refractivity contribution < 1.29 is 4.79 Å². The predicted octanol–water partition coefficient (Wildman–Crippen LogP) is 4.58. The summed E-state index contributed by atoms with van der Waals surface area (Å²) >= 11 is 3.25. The van der Waals surface area contributed by atoms with Crippen molar-refractivity contribution in [1.82, 2.24) is 10.3 Å². The zero-order chi connectivity index (χ0) is 17.9. The molecule has 3 heterocycles. The van der Waals surface area contributed by atoms with Crippen molar-refractivity contribution in [2.24, 2.45) is 0 Å². The SMILES string of the molecule is Cc1ccc(C(=O)NC2CCN(c3nc(-c4ccccc4)cs3)CC2)s1. The van der Waals surface area contributed by atoms with Gasteiger partial charge in [0.25, 0.3) is 5.91 Å². The second-order valence-electron chi connectivity index (χ2n) is 6.53. The molecule has 0 atom stereocenters. The van der Waals surface area contributed by atoms with E-state index in [-0.39, 0.29) is 11.9 Å². The Labute approximate surface area is 161 Å². The summed E-state index contributed by atoms with van der Waals surface area (Å²) in [4.78, 5) is 21.4. The molecule has 3 aromatic rings. The summed E-state index contributed by atoms with van der Waals surface area (Å²) in [6.07, 6.45) is 1.91. The number of anilines is 1. The van der Waals surface area contributed by atoms with Crippen molar-refractivity contribution in [3.8, 4) is 11.3 Å². The van der Waals surface area contributed by atoms with Crippen LogP contribution < -0.4 is 10.2 Å². The molecule has 1 aliphatic rings. The van der Waals surface area contributed by atoms with Gasteiger partial charge in [-0.15, -0.1) is 22.7 Å². The van der Waals surface area contributed by atoms with Gasteiger partial charge in [0, 0.05) is 35.0 Å². The van der Waals surface area contributed by atoms with Crippen LogP contribution in [0.25, 0.3) is 11.3 Å². The number of hydrogen-bond acceptors (Lipinski definition) is 5. The van der Waals surface area contributed by atoms with E-state index in [1.165, 1.54) is 4.88 Å². The van der Waals surface area contributed by atoms with E-state index in [1.54, 1.807) is 22.7 Å². The Morgan fingerprint density at radius 1 is 1.15 bits per heavy atom. The number of thiazole rings is 1. The highest BCUT2D eigenvalue weighted by atomic mass is 32.1. The third-order valence-electron chi connectivity index (χ3n) is 4.63. The van der Waals surface area contributed by atoms with E-state index >= 15 is 0 Å². The summed E-state index contributed by atoms with van der Waals surface area (Å²) < 4.78 is 0. The zero-order valence-corrected chi connectivity index (χ0v) is 16.3. The lowest BCUT2D eigenvalue weighted by atomic mass is 10.1. The van der Waals surface area contributed by atoms with Gasteiger partial charge in [0.2, 0.25) is 0 Å². The van der Waals surface area contributed by atoms with Crippen LogP contribution in [0.3, 0.4) is 0 Å². The molecule has 4 nitrogen and oxygen atoms in total. The number of nitrogens with one attached hydrogen (secondary N) is 1. The highest BCUT2D eigenvalue weighted by molar-refractivity contribution is 7.14. The molecule has 0 aliphatic carbocycles. The molecule has 0 spiro atoms. The van der Waals surface area contributed by atoms with E-state index in [0.717, 1.165) is 47.2 Å². The van der Waals surface area contributed by atoms with Crippen LogP contribution >= 0.6 is 22.7 Å². The zero-order valence-electron chi connectivity index (χ0n) is 14.6. The lowest BCUT2D eigenvalue weighted by Crippen LogP contribution is -2.44. The Morgan fingerprint density at radius 3 is 2.62 bits per heavy atom. The second-order valence-corrected chi connectivity index (χ2v) is 8.65. The largest absolute Gasteiger partial charge is 0.348 e. The van der Waals surface area contributed by atoms with E-state index in [1.807, 2.05) is 37.3 Å². The maximum Gasteiger partial charge on any atom is 0.261 e. The molecule has 1 aromatic carbocycles. The molecule has 1 N–H and O–H groups in total. The minimum Gasteiger partial charge on any atom is -0.348 e. The first-order valence-corrected chi connectivity index (χ1v) is 10.5. The Balaban J connectivity index is 1.34. The molecule has 1 saturated heterocycles. The van der Waals surface area contributed by atoms with Crippen molar-refractivity contribution in [2.45, 2.75) is 25.8 Å². The minimum atomic E-state index is 0.0576. The maximum atomic E-state index is 12.3. The van der Waals surface area contributed by atoms with Crippen LogP contribution in [-0.2, 0) is 0 Å². The van der Waals surface area contributed by atoms with Gasteiger partial charge in [-0.25, -0.2) is 4.98 Å². The van der Waals surface area contributed by atoms with Crippen molar-refractivity contribution in [3.63, 3.8) is 0 Å². The standard InChI is InChI=1S/C20H21N3OS2/c1-14-7-8-18(26-14)19(24)21-16-9-11-23(12-10-16)20-22-17(13-25-20)15-5-3-2-4-6-15/h2-8,13,16H,9-12H2,1H3,(H,21,24). The molecule has 134 valence electrons. The van der Waals surface area contributed by atoms with Crippen LogP contribution in [0.5, 0.6) is 0 Å². The van der Waals surface area contributed by atoms with Gasteiger partial charge < -0.3 is 10.2 Å². The molecule has 4 rings (SSSR count). The number of rotatable bonds is 4. The van der Waals surface area contributed by atoms with Crippen molar-refractivity contribution in [3.05, 3.63) is 57.6 Å². The molecular weight excluding hydrogens is 362 g/mol. The van der Waals surface area contributed by atoms with Crippen LogP contribution in [-0.4, -0.2) is 30.0 Å². The van der Waals surface area contributed by atoms with Gasteiger partial charge in [-0.3, -0.25) is 4.79 Å². The Hall–Kier alpha value is -2.18. The third-order valence-corrected chi connectivity index (χ3v) is 6.53. The number of amides is 1. The summed E-state index contributed by atoms with van der Waals surface area (Å²) in [5.41, 5.74) is 2.19. The second kappa shape index (κ2) is 7.60. The van der Waals surface area contributed by atoms with Gasteiger partial charge in [0.15, 0.2) is 5.13 Å². The van der Waals surface area contributed by atoms with Crippen molar-refractivity contribution in [2.75, 3.05) is 18.0 Å². The minimum absolute atomic E-state index is 0.0576. The first kappa shape index (κ1) is 17.2. The smallest absolute Gasteiger partial charge is 0.261 e. The highest BCUT2D eigenvalue weighted by Crippen LogP contribution is 2.29. The lowest BCUT2D eigenvalue weighted by Gasteiger charge is -2.32. The number of piperidine rings is 1. The number of hydrogen-bond donors (Lipinski definition) is 1. The number of benzene rings is 1. The Morgan fingerprint density at radius 2 is 1.92 bits per heavy atom. The Kier molecular flexibility index (Phi) is 5.04. The molecule has 26 heavy (non-hydrogen) atoms. The summed E-state index contributed by atoms with van der Waals surface area (Å²) in [5.74, 6) is 0.0576. The van der Waals surface area contributed by atoms with E-state index in [4.69, 9.17) is 4.98 Å². The number of carbonyl (C=O) groups is 1. The summed E-state index contributed by atoms with van der Waals surface area (Å²) in [5, 5.41) is 6.37. The topological polar surface area (TPSA) is 45.2 Å². The number of thiophene rings is 1. The van der Waals surface area contributed by atoms with E-state index < -0.39 is 0 Å². The van der Waals surface area contributed by atoms with Crippen molar-refractivity contribution >= 4 is 33.7 Å². The summed E-state index contributed by atoms with van der Waals surface area (Å²) in [6.45, 7) is 3.88. The van der Waals surface area contributed by atoms with Crippen LogP contribution in [0.4, 0.5) is 5.13 Å². The lowest BCUT2D eigenvalue weighted by molar-refractivity contribution is 0.0935. The van der Waals surface area contributed by atoms with E-state index in [9.17, 15) is 4.79 Å². The van der Waals surface area contributed by atoms with Crippen LogP contribution in [0, 0.1) is 6.92 Å². The molecular formula is C20H21N3OS2. The average Bonchev–Trinajstić information content (AvgIpc) is 3.32. The number of nitrogens with zero attached hydrogens (tertiary/aromatic N) is 2. The maximum absolute atomic E-state index is 12.3. The molecule has 0 bridgehead atoms. The summed E-state index contributed by atoms with van der Waals surface area (Å²) in [7, 11) is 0.